The van der Waals surface area contributed by atoms with Crippen LogP contribution in [0.25, 0.3) is 0 Å². The topological polar surface area (TPSA) is 28.2 Å². The third-order valence-corrected chi connectivity index (χ3v) is 3.60. The van der Waals surface area contributed by atoms with Gasteiger partial charge in [-0.3, -0.25) is 0 Å². The number of nitrogens with zero attached hydrogens (tertiary/aromatic N) is 2. The maximum absolute atomic E-state index is 4.49. The van der Waals surface area contributed by atoms with Gasteiger partial charge in [-0.1, -0.05) is 6.92 Å². The fourth-order valence-electron chi connectivity index (χ4n) is 2.30. The van der Waals surface area contributed by atoms with Crippen LogP contribution in [0, 0.1) is 0 Å². The summed E-state index contributed by atoms with van der Waals surface area (Å²) in [7, 11) is 0. The molecular formula is C13H20BrN3. The Labute approximate surface area is 112 Å². The highest BCUT2D eigenvalue weighted by molar-refractivity contribution is 9.10. The van der Waals surface area contributed by atoms with Crippen molar-refractivity contribution in [2.24, 2.45) is 0 Å². The zero-order chi connectivity index (χ0) is 12.1. The lowest BCUT2D eigenvalue weighted by Gasteiger charge is -2.26. The van der Waals surface area contributed by atoms with Gasteiger partial charge in [-0.15, -0.1) is 0 Å². The number of pyridine rings is 1. The van der Waals surface area contributed by atoms with Gasteiger partial charge in [0, 0.05) is 29.8 Å². The molecule has 0 radical (unpaired) electrons. The maximum Gasteiger partial charge on any atom is 0.128 e. The summed E-state index contributed by atoms with van der Waals surface area (Å²) in [5.41, 5.74) is 0. The lowest BCUT2D eigenvalue weighted by Crippen LogP contribution is -2.38. The van der Waals surface area contributed by atoms with Crippen LogP contribution in [0.3, 0.4) is 0 Å². The highest BCUT2D eigenvalue weighted by Crippen LogP contribution is 2.17. The highest BCUT2D eigenvalue weighted by Gasteiger charge is 2.18. The van der Waals surface area contributed by atoms with Crippen LogP contribution < -0.4 is 10.2 Å². The van der Waals surface area contributed by atoms with E-state index in [0.717, 1.165) is 29.8 Å². The molecule has 0 aliphatic carbocycles. The molecule has 2 rings (SSSR count). The number of hydrogen-bond acceptors (Lipinski definition) is 3. The highest BCUT2D eigenvalue weighted by atomic mass is 79.9. The second-order valence-electron chi connectivity index (χ2n) is 4.57. The maximum atomic E-state index is 4.49. The van der Waals surface area contributed by atoms with Gasteiger partial charge >= 0.3 is 0 Å². The molecule has 94 valence electrons. The van der Waals surface area contributed by atoms with Gasteiger partial charge in [0.2, 0.25) is 0 Å². The van der Waals surface area contributed by atoms with Crippen LogP contribution in [-0.4, -0.2) is 30.7 Å². The van der Waals surface area contributed by atoms with E-state index in [1.54, 1.807) is 0 Å². The Bertz CT molecular complexity index is 333. The molecule has 1 aliphatic rings. The molecule has 2 heterocycles. The van der Waals surface area contributed by atoms with E-state index in [4.69, 9.17) is 0 Å². The van der Waals surface area contributed by atoms with Crippen molar-refractivity contribution in [2.45, 2.75) is 32.2 Å². The fraction of sp³-hybridized carbons (Fsp3) is 0.615. The molecule has 0 spiro atoms. The minimum absolute atomic E-state index is 0.631. The van der Waals surface area contributed by atoms with Gasteiger partial charge in [-0.05, 0) is 53.9 Å². The largest absolute Gasteiger partial charge is 0.355 e. The minimum atomic E-state index is 0.631. The molecule has 1 aromatic rings. The first kappa shape index (κ1) is 12.8. The standard InChI is InChI=1S/C13H20BrN3/c1-2-8-17(10-12-4-3-7-15-12)13-6-5-11(14)9-16-13/h5-6,9,12,15H,2-4,7-8,10H2,1H3. The fourth-order valence-corrected chi connectivity index (χ4v) is 2.54. The van der Waals surface area contributed by atoms with E-state index in [-0.39, 0.29) is 0 Å². The molecule has 0 bridgehead atoms. The van der Waals surface area contributed by atoms with E-state index in [1.807, 2.05) is 6.20 Å². The third-order valence-electron chi connectivity index (χ3n) is 3.13. The summed E-state index contributed by atoms with van der Waals surface area (Å²) in [5, 5.41) is 3.55. The van der Waals surface area contributed by atoms with Crippen molar-refractivity contribution in [1.29, 1.82) is 0 Å². The average molecular weight is 298 g/mol. The normalized spacial score (nSPS) is 19.5. The summed E-state index contributed by atoms with van der Waals surface area (Å²) in [4.78, 5) is 6.87. The predicted octanol–water partition coefficient (Wildman–Crippen LogP) is 2.81. The molecule has 1 aliphatic heterocycles. The number of hydrogen-bond donors (Lipinski definition) is 1. The van der Waals surface area contributed by atoms with Crippen LogP contribution >= 0.6 is 15.9 Å². The van der Waals surface area contributed by atoms with Crippen LogP contribution in [-0.2, 0) is 0 Å². The summed E-state index contributed by atoms with van der Waals surface area (Å²) >= 11 is 3.43. The van der Waals surface area contributed by atoms with Crippen LogP contribution in [0.1, 0.15) is 26.2 Å². The van der Waals surface area contributed by atoms with Crippen molar-refractivity contribution < 1.29 is 0 Å². The van der Waals surface area contributed by atoms with Crippen LogP contribution in [0.5, 0.6) is 0 Å². The zero-order valence-corrected chi connectivity index (χ0v) is 11.9. The average Bonchev–Trinajstić information content (AvgIpc) is 2.82. The predicted molar refractivity (Wildman–Crippen MR) is 75.5 cm³/mol. The van der Waals surface area contributed by atoms with Crippen molar-refractivity contribution in [2.75, 3.05) is 24.5 Å². The second kappa shape index (κ2) is 6.36. The summed E-state index contributed by atoms with van der Waals surface area (Å²) in [6.07, 6.45) is 5.62. The van der Waals surface area contributed by atoms with E-state index in [0.29, 0.717) is 6.04 Å². The van der Waals surface area contributed by atoms with Gasteiger partial charge in [0.25, 0.3) is 0 Å². The zero-order valence-electron chi connectivity index (χ0n) is 10.3. The van der Waals surface area contributed by atoms with E-state index in [2.05, 4.69) is 50.2 Å². The monoisotopic (exact) mass is 297 g/mol. The van der Waals surface area contributed by atoms with Crippen LogP contribution in [0.4, 0.5) is 5.82 Å². The van der Waals surface area contributed by atoms with E-state index < -0.39 is 0 Å². The Kier molecular flexibility index (Phi) is 4.80. The lowest BCUT2D eigenvalue weighted by atomic mass is 10.2. The number of anilines is 1. The molecule has 1 fully saturated rings. The van der Waals surface area contributed by atoms with E-state index in [9.17, 15) is 0 Å². The molecule has 1 atom stereocenters. The smallest absolute Gasteiger partial charge is 0.128 e. The van der Waals surface area contributed by atoms with Crippen molar-refractivity contribution in [3.05, 3.63) is 22.8 Å². The second-order valence-corrected chi connectivity index (χ2v) is 5.49. The summed E-state index contributed by atoms with van der Waals surface area (Å²) in [6, 6.07) is 4.79. The van der Waals surface area contributed by atoms with Gasteiger partial charge in [0.1, 0.15) is 5.82 Å². The molecular weight excluding hydrogens is 278 g/mol. The molecule has 3 nitrogen and oxygen atoms in total. The van der Waals surface area contributed by atoms with Crippen molar-refractivity contribution in [3.63, 3.8) is 0 Å². The Morgan fingerprint density at radius 1 is 1.53 bits per heavy atom. The van der Waals surface area contributed by atoms with Crippen LogP contribution in [0.2, 0.25) is 0 Å². The SMILES string of the molecule is CCCN(CC1CCCN1)c1ccc(Br)cn1. The van der Waals surface area contributed by atoms with E-state index >= 15 is 0 Å². The Morgan fingerprint density at radius 2 is 2.41 bits per heavy atom. The van der Waals surface area contributed by atoms with Crippen molar-refractivity contribution in [1.82, 2.24) is 10.3 Å². The van der Waals surface area contributed by atoms with Gasteiger partial charge in [-0.25, -0.2) is 4.98 Å². The van der Waals surface area contributed by atoms with Gasteiger partial charge < -0.3 is 10.2 Å². The summed E-state index contributed by atoms with van der Waals surface area (Å²) in [5.74, 6) is 1.09. The van der Waals surface area contributed by atoms with E-state index in [1.165, 1.54) is 19.4 Å². The molecule has 17 heavy (non-hydrogen) atoms. The van der Waals surface area contributed by atoms with Crippen LogP contribution in [0.15, 0.2) is 22.8 Å². The molecule has 4 heteroatoms. The molecule has 0 saturated carbocycles. The molecule has 0 aromatic carbocycles. The van der Waals surface area contributed by atoms with Gasteiger partial charge in [-0.2, -0.15) is 0 Å². The van der Waals surface area contributed by atoms with Gasteiger partial charge in [0.05, 0.1) is 0 Å². The Hall–Kier alpha value is -0.610. The lowest BCUT2D eigenvalue weighted by molar-refractivity contribution is 0.575. The Morgan fingerprint density at radius 3 is 3.00 bits per heavy atom. The number of aromatic nitrogens is 1. The molecule has 1 unspecified atom stereocenters. The molecule has 0 amide bonds. The quantitative estimate of drug-likeness (QED) is 0.906. The Balaban J connectivity index is 2.02. The number of halogens is 1. The first-order chi connectivity index (χ1) is 8.29. The third kappa shape index (κ3) is 3.68. The minimum Gasteiger partial charge on any atom is -0.355 e. The van der Waals surface area contributed by atoms with Gasteiger partial charge in [0.15, 0.2) is 0 Å². The molecule has 1 N–H and O–H groups in total. The van der Waals surface area contributed by atoms with Crippen molar-refractivity contribution >= 4 is 21.7 Å². The number of nitrogens with one attached hydrogen (secondary N) is 1. The van der Waals surface area contributed by atoms with Crippen molar-refractivity contribution in [3.8, 4) is 0 Å². The molecule has 1 saturated heterocycles. The number of rotatable bonds is 5. The first-order valence-electron chi connectivity index (χ1n) is 6.39. The summed E-state index contributed by atoms with van der Waals surface area (Å²) < 4.78 is 1.04. The first-order valence-corrected chi connectivity index (χ1v) is 7.19. The molecule has 1 aromatic heterocycles. The summed E-state index contributed by atoms with van der Waals surface area (Å²) in [6.45, 7) is 5.53.